The number of amides is 6. The number of carbonyl (C=O) groups excluding carboxylic acids is 6. The SMILES string of the molecule is CC1(C)C(/C=C/C2=C(Oc3ccc(C[C@H](NC(=O)CCOCCOCCNC(=O)C4CCN(C(=O)C[C@@H]5C[C@@H](C(=O)N6CC(F)(F)C[C@H]6C(N)=O)NC5=O)C4)C(=O)O)cc3)C(=C/C=C3/N(CCCCS(=O)(=O)O)c4ccc(S(=O)(=O)O)cc4C3(C)C)/CCC2)=[N+](CCCCS(=O)(=O)O)c2ccc(S(=O)(=O)O)cc21. The number of rotatable bonds is 35. The molecule has 0 saturated carbocycles. The maximum atomic E-state index is 14.1. The van der Waals surface area contributed by atoms with E-state index < -0.39 is 147 Å². The Morgan fingerprint density at radius 3 is 2.08 bits per heavy atom. The molecule has 0 aromatic heterocycles. The highest BCUT2D eigenvalue weighted by Gasteiger charge is 2.53. The zero-order valence-electron chi connectivity index (χ0n) is 60.0. The lowest BCUT2D eigenvalue weighted by atomic mass is 9.81. The van der Waals surface area contributed by atoms with Crippen LogP contribution in [-0.4, -0.2) is 220 Å². The van der Waals surface area contributed by atoms with Gasteiger partial charge in [-0.05, 0) is 142 Å². The third-order valence-electron chi connectivity index (χ3n) is 20.1. The lowest BCUT2D eigenvalue weighted by Crippen LogP contribution is -2.50. The Morgan fingerprint density at radius 2 is 1.44 bits per heavy atom. The predicted octanol–water partition coefficient (Wildman–Crippen LogP) is 4.69. The van der Waals surface area contributed by atoms with Crippen molar-refractivity contribution < 1.29 is 118 Å². The first kappa shape index (κ1) is 83.6. The number of ether oxygens (including phenoxy) is 3. The lowest BCUT2D eigenvalue weighted by molar-refractivity contribution is -0.438. The Labute approximate surface area is 625 Å². The van der Waals surface area contributed by atoms with Gasteiger partial charge in [0.15, 0.2) is 5.71 Å². The summed E-state index contributed by atoms with van der Waals surface area (Å²) < 4.78 is 184. The van der Waals surface area contributed by atoms with E-state index in [4.69, 9.17) is 19.9 Å². The van der Waals surface area contributed by atoms with Gasteiger partial charge >= 0.3 is 5.97 Å². The molecule has 5 heterocycles. The van der Waals surface area contributed by atoms with E-state index in [1.807, 2.05) is 61.5 Å². The van der Waals surface area contributed by atoms with E-state index in [1.54, 1.807) is 36.4 Å². The van der Waals surface area contributed by atoms with Gasteiger partial charge in [0.05, 0.1) is 65.6 Å². The van der Waals surface area contributed by atoms with Gasteiger partial charge in [-0.2, -0.15) is 38.2 Å². The minimum Gasteiger partial charge on any atom is -0.480 e. The second-order valence-corrected chi connectivity index (χ2v) is 34.6. The molecule has 0 bridgehead atoms. The van der Waals surface area contributed by atoms with Crippen molar-refractivity contribution in [3.05, 3.63) is 124 Å². The fourth-order valence-corrected chi connectivity index (χ4v) is 16.6. The predicted molar refractivity (Wildman–Crippen MR) is 386 cm³/mol. The van der Waals surface area contributed by atoms with Crippen molar-refractivity contribution in [1.29, 1.82) is 0 Å². The molecule has 108 heavy (non-hydrogen) atoms. The number of hydrogen-bond acceptors (Lipinski definition) is 19. The zero-order valence-corrected chi connectivity index (χ0v) is 63.3. The number of carboxylic acid groups (broad SMARTS) is 1. The van der Waals surface area contributed by atoms with Crippen molar-refractivity contribution >= 4 is 99.0 Å². The van der Waals surface area contributed by atoms with E-state index in [2.05, 4.69) is 16.0 Å². The van der Waals surface area contributed by atoms with Gasteiger partial charge in [0.25, 0.3) is 46.4 Å². The van der Waals surface area contributed by atoms with Crippen LogP contribution in [0.3, 0.4) is 0 Å². The lowest BCUT2D eigenvalue weighted by Gasteiger charge is -2.27. The first-order valence-electron chi connectivity index (χ1n) is 35.2. The largest absolute Gasteiger partial charge is 0.480 e. The average molecular weight is 1590 g/mol. The van der Waals surface area contributed by atoms with Crippen molar-refractivity contribution in [2.75, 3.05) is 82.1 Å². The number of carbonyl (C=O) groups is 7. The van der Waals surface area contributed by atoms with Crippen LogP contribution >= 0.6 is 0 Å². The van der Waals surface area contributed by atoms with Crippen molar-refractivity contribution in [2.45, 2.75) is 156 Å². The van der Waals surface area contributed by atoms with Crippen LogP contribution in [0.15, 0.2) is 117 Å². The number of anilines is 1. The van der Waals surface area contributed by atoms with E-state index in [-0.39, 0.29) is 126 Å². The number of hydrogen-bond donors (Lipinski definition) is 9. The Hall–Kier alpha value is -8.40. The molecule has 0 radical (unpaired) electrons. The fraction of sp³-hybridized carbons (Fsp3) is 0.521. The standard InChI is InChI=1S/C71H90F2N8O23S4/c1-69(2)52-39-50(107(96,97)98)18-20-56(52)79(27-5-7-34-105(90,91)92)59(69)22-14-45-10-9-11-46(15-23-60-70(3,4)53-40-51(108(99,100)101)19-21-57(53)80(60)28-6-8-35-106(93,94)95)63(45)104-49-16-12-44(13-17-49)36-55(68(88)89)76-61(82)25-30-102-32-33-103-31-26-75-65(85)47-24-29-78(42-47)62(83)38-48-37-54(77-66(48)86)67(87)81-43-71(72,73)41-58(81)64(74)84/h12-23,39-40,47-48,54-55,58H,5-11,24-38,41-43H2,1-4H3,(H9-,74,75,76,77,82,84,85,86,88,89,90,91,92,93,94,95,96,97,98,99,100,101)/p+1/t47?,48-,54-,55-,58-/m0/s1. The van der Waals surface area contributed by atoms with Crippen LogP contribution in [0.25, 0.3) is 0 Å². The summed E-state index contributed by atoms with van der Waals surface area (Å²) in [6.07, 6.45) is 8.28. The highest BCUT2D eigenvalue weighted by molar-refractivity contribution is 7.86. The van der Waals surface area contributed by atoms with Crippen molar-refractivity contribution in [1.82, 2.24) is 25.8 Å². The number of nitrogens with two attached hydrogens (primary N) is 1. The van der Waals surface area contributed by atoms with E-state index in [9.17, 15) is 99.3 Å². The summed E-state index contributed by atoms with van der Waals surface area (Å²) in [4.78, 5) is 92.9. The molecule has 1 aliphatic carbocycles. The normalized spacial score (nSPS) is 21.6. The summed E-state index contributed by atoms with van der Waals surface area (Å²) in [7, 11) is -17.9. The maximum Gasteiger partial charge on any atom is 0.326 e. The number of carboxylic acids is 1. The molecule has 31 nitrogen and oxygen atoms in total. The van der Waals surface area contributed by atoms with E-state index in [0.29, 0.717) is 92.7 Å². The molecule has 37 heteroatoms. The third-order valence-corrected chi connectivity index (χ3v) is 23.4. The third kappa shape index (κ3) is 21.3. The molecule has 590 valence electrons. The number of likely N-dealkylation sites (tertiary alicyclic amines) is 2. The minimum atomic E-state index is -4.64. The molecule has 0 spiro atoms. The average Bonchev–Trinajstić information content (AvgIpc) is 1.55. The number of alkyl halides is 2. The van der Waals surface area contributed by atoms with Gasteiger partial charge < -0.3 is 55.7 Å². The Morgan fingerprint density at radius 1 is 0.787 bits per heavy atom. The number of nitrogens with one attached hydrogen (secondary N) is 3. The molecule has 5 aliphatic heterocycles. The summed E-state index contributed by atoms with van der Waals surface area (Å²) in [6, 6.07) is 10.8. The van der Waals surface area contributed by atoms with Gasteiger partial charge in [0, 0.05) is 98.7 Å². The van der Waals surface area contributed by atoms with Crippen LogP contribution in [-0.2, 0) is 101 Å². The molecular formula is C71H91F2N8O23S4+. The summed E-state index contributed by atoms with van der Waals surface area (Å²) in [5.74, 6) is -10.4. The van der Waals surface area contributed by atoms with Crippen LogP contribution < -0.4 is 31.3 Å². The molecule has 3 aromatic carbocycles. The van der Waals surface area contributed by atoms with E-state index in [0.717, 1.165) is 0 Å². The molecular weight excluding hydrogens is 1500 g/mol. The highest BCUT2D eigenvalue weighted by Crippen LogP contribution is 2.49. The molecule has 1 unspecified atom stereocenters. The van der Waals surface area contributed by atoms with Gasteiger partial charge in [-0.1, -0.05) is 32.1 Å². The minimum absolute atomic E-state index is 0.0491. The molecule has 9 rings (SSSR count). The second-order valence-electron chi connectivity index (χ2n) is 28.7. The number of halogens is 2. The molecule has 5 atom stereocenters. The van der Waals surface area contributed by atoms with Crippen LogP contribution in [0.4, 0.5) is 20.2 Å². The van der Waals surface area contributed by atoms with Gasteiger partial charge in [0.1, 0.15) is 36.2 Å². The monoisotopic (exact) mass is 1590 g/mol. The number of allylic oxidation sites excluding steroid dienone is 7. The van der Waals surface area contributed by atoms with E-state index in [1.165, 1.54) is 29.2 Å². The van der Waals surface area contributed by atoms with Gasteiger partial charge in [-0.3, -0.25) is 47.0 Å². The van der Waals surface area contributed by atoms with Gasteiger partial charge in [-0.15, -0.1) is 0 Å². The van der Waals surface area contributed by atoms with Crippen LogP contribution in [0.1, 0.15) is 121 Å². The maximum absolute atomic E-state index is 14.1. The fourth-order valence-electron chi connectivity index (χ4n) is 14.4. The quantitative estimate of drug-likeness (QED) is 0.0219. The smallest absolute Gasteiger partial charge is 0.326 e. The van der Waals surface area contributed by atoms with Crippen LogP contribution in [0.5, 0.6) is 5.75 Å². The van der Waals surface area contributed by atoms with Crippen molar-refractivity contribution in [2.24, 2.45) is 17.6 Å². The Kier molecular flexibility index (Phi) is 26.5. The van der Waals surface area contributed by atoms with Gasteiger partial charge in [0.2, 0.25) is 41.1 Å². The molecule has 6 aliphatic rings. The summed E-state index contributed by atoms with van der Waals surface area (Å²) in [5.41, 5.74) is 8.88. The molecule has 3 aromatic rings. The second kappa shape index (κ2) is 34.2. The summed E-state index contributed by atoms with van der Waals surface area (Å²) >= 11 is 0. The molecule has 3 fully saturated rings. The van der Waals surface area contributed by atoms with Crippen LogP contribution in [0.2, 0.25) is 0 Å². The van der Waals surface area contributed by atoms with Gasteiger partial charge in [-0.25, -0.2) is 13.6 Å². The molecule has 3 saturated heterocycles. The number of fused-ring (bicyclic) bond motifs is 2. The summed E-state index contributed by atoms with van der Waals surface area (Å²) in [6.45, 7) is 7.43. The summed E-state index contributed by atoms with van der Waals surface area (Å²) in [5, 5.41) is 18.0. The highest BCUT2D eigenvalue weighted by atomic mass is 32.2. The van der Waals surface area contributed by atoms with E-state index >= 15 is 0 Å². The van der Waals surface area contributed by atoms with Crippen molar-refractivity contribution in [3.8, 4) is 5.75 Å². The molecule has 6 amide bonds. The van der Waals surface area contributed by atoms with Crippen LogP contribution in [0, 0.1) is 11.8 Å². The first-order valence-corrected chi connectivity index (χ1v) is 41.3. The number of primary amides is 1. The number of nitrogens with zero attached hydrogens (tertiary/aromatic N) is 4. The zero-order chi connectivity index (χ0) is 79.1. The number of benzene rings is 3. The molecule has 10 N–H and O–H groups in total. The number of unbranched alkanes of at least 4 members (excludes halogenated alkanes) is 2. The first-order chi connectivity index (χ1) is 50.5. The Bertz CT molecular complexity index is 4640. The number of aliphatic carboxylic acids is 1. The Balaban J connectivity index is 0.820. The van der Waals surface area contributed by atoms with Crippen molar-refractivity contribution in [3.63, 3.8) is 0 Å². The topological polar surface area (TPSA) is 460 Å².